The predicted molar refractivity (Wildman–Crippen MR) is 112 cm³/mol. The monoisotopic (exact) mass is 454 g/mol. The Bertz CT molecular complexity index is 467. The molecule has 1 rings (SSSR count). The number of aromatic nitrogens is 1. The Kier molecular flexibility index (Phi) is 10.7. The molecule has 0 amide bonds. The van der Waals surface area contributed by atoms with E-state index in [-0.39, 0.29) is 29.5 Å². The third-order valence-electron chi connectivity index (χ3n) is 2.74. The van der Waals surface area contributed by atoms with Crippen molar-refractivity contribution in [3.05, 3.63) is 11.1 Å². The Balaban J connectivity index is 0.00000484. The highest BCUT2D eigenvalue weighted by Crippen LogP contribution is 2.18. The molecule has 0 aromatic carbocycles. The van der Waals surface area contributed by atoms with Crippen LogP contribution in [0.4, 0.5) is 5.13 Å². The second kappa shape index (κ2) is 11.0. The van der Waals surface area contributed by atoms with Gasteiger partial charge in [0.1, 0.15) is 0 Å². The van der Waals surface area contributed by atoms with Crippen LogP contribution < -0.4 is 20.9 Å². The van der Waals surface area contributed by atoms with E-state index in [2.05, 4.69) is 59.0 Å². The first-order valence-corrected chi connectivity index (χ1v) is 8.58. The zero-order chi connectivity index (χ0) is 16.6. The highest BCUT2D eigenvalue weighted by Gasteiger charge is 2.07. The molecule has 0 aliphatic carbocycles. The predicted octanol–water partition coefficient (Wildman–Crippen LogP) is 2.27. The Hall–Kier alpha value is -0.610. The van der Waals surface area contributed by atoms with Crippen molar-refractivity contribution >= 4 is 46.4 Å². The number of thiazole rings is 1. The minimum Gasteiger partial charge on any atom is -0.357 e. The maximum Gasteiger partial charge on any atom is 0.191 e. The van der Waals surface area contributed by atoms with Gasteiger partial charge < -0.3 is 20.9 Å². The second-order valence-corrected chi connectivity index (χ2v) is 7.15. The number of aliphatic imine (C=N–C) groups is 1. The maximum absolute atomic E-state index is 4.58. The number of nitrogens with one attached hydrogen (secondary N) is 3. The van der Waals surface area contributed by atoms with Gasteiger partial charge in [0.2, 0.25) is 0 Å². The van der Waals surface area contributed by atoms with Gasteiger partial charge in [-0.3, -0.25) is 0 Å². The summed E-state index contributed by atoms with van der Waals surface area (Å²) < 4.78 is 0. The lowest BCUT2D eigenvalue weighted by Crippen LogP contribution is -2.44. The number of rotatable bonds is 7. The van der Waals surface area contributed by atoms with E-state index < -0.39 is 0 Å². The van der Waals surface area contributed by atoms with E-state index in [9.17, 15) is 0 Å². The van der Waals surface area contributed by atoms with Crippen LogP contribution >= 0.6 is 35.3 Å². The molecule has 0 saturated heterocycles. The molecule has 1 aromatic heterocycles. The fraction of sp³-hybridized carbons (Fsp3) is 0.733. The topological polar surface area (TPSA) is 64.6 Å². The molecule has 0 spiro atoms. The lowest BCUT2D eigenvalue weighted by Gasteiger charge is -2.21. The van der Waals surface area contributed by atoms with Gasteiger partial charge >= 0.3 is 0 Å². The number of nitrogens with zero attached hydrogens (tertiary/aromatic N) is 3. The number of anilines is 1. The van der Waals surface area contributed by atoms with E-state index in [0.29, 0.717) is 6.54 Å². The summed E-state index contributed by atoms with van der Waals surface area (Å²) >= 11 is 1.64. The van der Waals surface area contributed by atoms with E-state index in [4.69, 9.17) is 0 Å². The standard InChI is InChI=1S/C15H30N6S.HI/c1-7-16-13(17-8-9-19-15(2,3)4)18-10-12-11-22-14(20-12)21(5)6;/h11,19H,7-10H2,1-6H3,(H2,16,17,18);1H. The van der Waals surface area contributed by atoms with E-state index in [1.807, 2.05) is 19.0 Å². The molecule has 1 aromatic rings. The summed E-state index contributed by atoms with van der Waals surface area (Å²) in [6, 6.07) is 0. The average molecular weight is 454 g/mol. The molecule has 0 saturated carbocycles. The molecule has 1 heterocycles. The smallest absolute Gasteiger partial charge is 0.191 e. The molecule has 0 fully saturated rings. The lowest BCUT2D eigenvalue weighted by molar-refractivity contribution is 0.428. The van der Waals surface area contributed by atoms with Gasteiger partial charge in [-0.25, -0.2) is 9.98 Å². The lowest BCUT2D eigenvalue weighted by atomic mass is 10.1. The molecule has 134 valence electrons. The van der Waals surface area contributed by atoms with Gasteiger partial charge in [0, 0.05) is 44.6 Å². The molecule has 8 heteroatoms. The summed E-state index contributed by atoms with van der Waals surface area (Å²) in [4.78, 5) is 11.1. The summed E-state index contributed by atoms with van der Waals surface area (Å²) in [6.07, 6.45) is 0. The van der Waals surface area contributed by atoms with Crippen LogP contribution in [0.1, 0.15) is 33.4 Å². The molecule has 0 atom stereocenters. The van der Waals surface area contributed by atoms with Crippen molar-refractivity contribution < 1.29 is 0 Å². The number of hydrogen-bond donors (Lipinski definition) is 3. The van der Waals surface area contributed by atoms with Crippen LogP contribution in [-0.4, -0.2) is 50.2 Å². The second-order valence-electron chi connectivity index (χ2n) is 6.31. The van der Waals surface area contributed by atoms with Gasteiger partial charge in [-0.05, 0) is 27.7 Å². The van der Waals surface area contributed by atoms with E-state index in [1.54, 1.807) is 11.3 Å². The van der Waals surface area contributed by atoms with Crippen LogP contribution in [0.25, 0.3) is 0 Å². The Morgan fingerprint density at radius 2 is 1.96 bits per heavy atom. The zero-order valence-corrected chi connectivity index (χ0v) is 18.2. The minimum atomic E-state index is 0. The van der Waals surface area contributed by atoms with Crippen LogP contribution in [-0.2, 0) is 6.54 Å². The van der Waals surface area contributed by atoms with Crippen LogP contribution in [0.15, 0.2) is 10.4 Å². The van der Waals surface area contributed by atoms with Crippen molar-refractivity contribution in [1.29, 1.82) is 0 Å². The molecule has 6 nitrogen and oxygen atoms in total. The summed E-state index contributed by atoms with van der Waals surface area (Å²) in [5, 5.41) is 13.1. The molecular weight excluding hydrogens is 423 g/mol. The fourth-order valence-electron chi connectivity index (χ4n) is 1.69. The summed E-state index contributed by atoms with van der Waals surface area (Å²) in [5.74, 6) is 0.831. The average Bonchev–Trinajstić information content (AvgIpc) is 2.88. The summed E-state index contributed by atoms with van der Waals surface area (Å²) in [7, 11) is 4.00. The first-order valence-electron chi connectivity index (χ1n) is 7.70. The van der Waals surface area contributed by atoms with Crippen LogP contribution in [0, 0.1) is 0 Å². The number of halogens is 1. The van der Waals surface area contributed by atoms with E-state index in [0.717, 1.165) is 36.4 Å². The molecular formula is C15H31IN6S. The first kappa shape index (κ1) is 22.4. The third kappa shape index (κ3) is 9.98. The van der Waals surface area contributed by atoms with Gasteiger partial charge in [0.25, 0.3) is 0 Å². The van der Waals surface area contributed by atoms with Gasteiger partial charge in [-0.15, -0.1) is 35.3 Å². The quantitative estimate of drug-likeness (QED) is 0.255. The van der Waals surface area contributed by atoms with Gasteiger partial charge in [0.15, 0.2) is 11.1 Å². The van der Waals surface area contributed by atoms with Gasteiger partial charge in [0.05, 0.1) is 12.2 Å². The molecule has 0 aliphatic rings. The molecule has 0 aliphatic heterocycles. The van der Waals surface area contributed by atoms with Crippen LogP contribution in [0.3, 0.4) is 0 Å². The van der Waals surface area contributed by atoms with E-state index in [1.165, 1.54) is 0 Å². The maximum atomic E-state index is 4.58. The Morgan fingerprint density at radius 1 is 1.26 bits per heavy atom. The molecule has 0 bridgehead atoms. The zero-order valence-electron chi connectivity index (χ0n) is 15.1. The molecule has 0 unspecified atom stereocenters. The number of guanidine groups is 1. The summed E-state index contributed by atoms with van der Waals surface area (Å²) in [6.45, 7) is 11.7. The van der Waals surface area contributed by atoms with Crippen LogP contribution in [0.2, 0.25) is 0 Å². The van der Waals surface area contributed by atoms with Gasteiger partial charge in [-0.2, -0.15) is 0 Å². The fourth-order valence-corrected chi connectivity index (χ4v) is 2.44. The van der Waals surface area contributed by atoms with Crippen molar-refractivity contribution in [3.63, 3.8) is 0 Å². The minimum absolute atomic E-state index is 0. The largest absolute Gasteiger partial charge is 0.357 e. The highest BCUT2D eigenvalue weighted by atomic mass is 127. The summed E-state index contributed by atoms with van der Waals surface area (Å²) in [5.41, 5.74) is 1.14. The van der Waals surface area contributed by atoms with Crippen molar-refractivity contribution in [2.24, 2.45) is 4.99 Å². The third-order valence-corrected chi connectivity index (χ3v) is 3.80. The molecule has 3 N–H and O–H groups in total. The Labute approximate surface area is 161 Å². The normalized spacial score (nSPS) is 11.8. The Morgan fingerprint density at radius 3 is 2.48 bits per heavy atom. The molecule has 0 radical (unpaired) electrons. The SMILES string of the molecule is CCNC(=NCc1csc(N(C)C)n1)NCCNC(C)(C)C.I. The van der Waals surface area contributed by atoms with E-state index >= 15 is 0 Å². The van der Waals surface area contributed by atoms with Crippen LogP contribution in [0.5, 0.6) is 0 Å². The first-order chi connectivity index (χ1) is 10.3. The number of hydrogen-bond acceptors (Lipinski definition) is 5. The van der Waals surface area contributed by atoms with Gasteiger partial charge in [-0.1, -0.05) is 0 Å². The molecule has 23 heavy (non-hydrogen) atoms. The van der Waals surface area contributed by atoms with Crippen molar-refractivity contribution in [1.82, 2.24) is 20.9 Å². The van der Waals surface area contributed by atoms with Crippen molar-refractivity contribution in [3.8, 4) is 0 Å². The van der Waals surface area contributed by atoms with Crippen molar-refractivity contribution in [2.75, 3.05) is 38.6 Å². The van der Waals surface area contributed by atoms with Crippen molar-refractivity contribution in [2.45, 2.75) is 39.8 Å². The highest BCUT2D eigenvalue weighted by molar-refractivity contribution is 14.0.